The van der Waals surface area contributed by atoms with Crippen molar-refractivity contribution in [2.24, 2.45) is 0 Å². The topological polar surface area (TPSA) is 88.0 Å². The van der Waals surface area contributed by atoms with E-state index in [1.807, 2.05) is 20.0 Å². The number of aromatic nitrogens is 2. The zero-order valence-electron chi connectivity index (χ0n) is 11.0. The molecule has 100 valence electrons. The number of hydrogen-bond donors (Lipinski definition) is 3. The summed E-state index contributed by atoms with van der Waals surface area (Å²) in [6, 6.07) is 0.971. The van der Waals surface area contributed by atoms with Crippen molar-refractivity contribution in [1.82, 2.24) is 20.4 Å². The van der Waals surface area contributed by atoms with Crippen molar-refractivity contribution in [3.05, 3.63) is 12.3 Å². The van der Waals surface area contributed by atoms with E-state index in [4.69, 9.17) is 0 Å². The predicted molar refractivity (Wildman–Crippen MR) is 68.3 cm³/mol. The van der Waals surface area contributed by atoms with E-state index in [1.165, 1.54) is 7.05 Å². The van der Waals surface area contributed by atoms with Gasteiger partial charge in [-0.3, -0.25) is 14.8 Å². The van der Waals surface area contributed by atoms with Crippen molar-refractivity contribution in [3.63, 3.8) is 0 Å². The van der Waals surface area contributed by atoms with Crippen molar-refractivity contribution < 1.29 is 9.59 Å². The van der Waals surface area contributed by atoms with Gasteiger partial charge in [0.1, 0.15) is 11.9 Å². The van der Waals surface area contributed by atoms with Gasteiger partial charge < -0.3 is 10.6 Å². The first kappa shape index (κ1) is 14.0. The molecule has 0 saturated heterocycles. The minimum absolute atomic E-state index is 0.260. The Balaban J connectivity index is 2.55. The number of nitrogens with one attached hydrogen (secondary N) is 3. The molecular formula is C11H19N5O2. The summed E-state index contributed by atoms with van der Waals surface area (Å²) in [6.45, 7) is 5.68. The third kappa shape index (κ3) is 3.76. The molecule has 0 aliphatic carbocycles. The second-order valence-electron chi connectivity index (χ2n) is 4.21. The number of anilines is 1. The van der Waals surface area contributed by atoms with Gasteiger partial charge in [-0.25, -0.2) is 4.79 Å². The molecule has 0 fully saturated rings. The Morgan fingerprint density at radius 3 is 2.50 bits per heavy atom. The summed E-state index contributed by atoms with van der Waals surface area (Å²) in [7, 11) is 1.45. The van der Waals surface area contributed by atoms with Crippen LogP contribution < -0.4 is 16.0 Å². The molecular weight excluding hydrogens is 234 g/mol. The zero-order valence-corrected chi connectivity index (χ0v) is 11.0. The molecule has 3 amide bonds. The van der Waals surface area contributed by atoms with Crippen LogP contribution in [0.3, 0.4) is 0 Å². The van der Waals surface area contributed by atoms with E-state index in [0.717, 1.165) is 0 Å². The Morgan fingerprint density at radius 2 is 2.00 bits per heavy atom. The van der Waals surface area contributed by atoms with Crippen LogP contribution in [0, 0.1) is 0 Å². The summed E-state index contributed by atoms with van der Waals surface area (Å²) < 4.78 is 1.78. The van der Waals surface area contributed by atoms with Gasteiger partial charge in [-0.05, 0) is 20.8 Å². The standard InChI is InChI=1S/C11H19N5O2/c1-7(2)16-6-5-9(15-16)13-8(3)10(17)14-11(18)12-4/h5-8H,1-4H3,(H,13,15)(H2,12,14,17,18). The highest BCUT2D eigenvalue weighted by molar-refractivity contribution is 5.97. The molecule has 0 aliphatic rings. The van der Waals surface area contributed by atoms with Crippen molar-refractivity contribution in [3.8, 4) is 0 Å². The Bertz CT molecular complexity index is 427. The molecule has 1 aromatic heterocycles. The van der Waals surface area contributed by atoms with Gasteiger partial charge in [-0.2, -0.15) is 5.10 Å². The van der Waals surface area contributed by atoms with Crippen LogP contribution in [0.5, 0.6) is 0 Å². The van der Waals surface area contributed by atoms with Crippen molar-refractivity contribution in [2.75, 3.05) is 12.4 Å². The summed E-state index contributed by atoms with van der Waals surface area (Å²) >= 11 is 0. The van der Waals surface area contributed by atoms with Gasteiger partial charge in [0.05, 0.1) is 0 Å². The lowest BCUT2D eigenvalue weighted by atomic mass is 10.3. The van der Waals surface area contributed by atoms with E-state index < -0.39 is 18.0 Å². The third-order valence-corrected chi connectivity index (χ3v) is 2.36. The van der Waals surface area contributed by atoms with Gasteiger partial charge >= 0.3 is 6.03 Å². The number of carbonyl (C=O) groups excluding carboxylic acids is 2. The normalized spacial score (nSPS) is 12.1. The Labute approximate surface area is 106 Å². The molecule has 0 aromatic carbocycles. The Hall–Kier alpha value is -2.05. The molecule has 18 heavy (non-hydrogen) atoms. The van der Waals surface area contributed by atoms with E-state index in [0.29, 0.717) is 5.82 Å². The monoisotopic (exact) mass is 253 g/mol. The molecule has 0 bridgehead atoms. The summed E-state index contributed by atoms with van der Waals surface area (Å²) in [4.78, 5) is 22.6. The largest absolute Gasteiger partial charge is 0.357 e. The molecule has 3 N–H and O–H groups in total. The van der Waals surface area contributed by atoms with Crippen LogP contribution in [-0.4, -0.2) is 34.8 Å². The number of amides is 3. The first-order valence-electron chi connectivity index (χ1n) is 5.78. The molecule has 1 atom stereocenters. The molecule has 7 nitrogen and oxygen atoms in total. The maximum atomic E-state index is 11.6. The van der Waals surface area contributed by atoms with E-state index >= 15 is 0 Å². The van der Waals surface area contributed by atoms with Crippen LogP contribution in [-0.2, 0) is 4.79 Å². The van der Waals surface area contributed by atoms with Crippen molar-refractivity contribution in [1.29, 1.82) is 0 Å². The molecule has 0 radical (unpaired) electrons. The second-order valence-corrected chi connectivity index (χ2v) is 4.21. The van der Waals surface area contributed by atoms with E-state index in [2.05, 4.69) is 21.0 Å². The smallest absolute Gasteiger partial charge is 0.321 e. The van der Waals surface area contributed by atoms with Gasteiger partial charge in [0, 0.05) is 25.4 Å². The number of rotatable bonds is 4. The number of urea groups is 1. The average Bonchev–Trinajstić information content (AvgIpc) is 2.77. The van der Waals surface area contributed by atoms with Gasteiger partial charge in [-0.15, -0.1) is 0 Å². The fourth-order valence-electron chi connectivity index (χ4n) is 1.27. The third-order valence-electron chi connectivity index (χ3n) is 2.36. The van der Waals surface area contributed by atoms with Crippen LogP contribution in [0.25, 0.3) is 0 Å². The zero-order chi connectivity index (χ0) is 13.7. The second kappa shape index (κ2) is 6.04. The lowest BCUT2D eigenvalue weighted by Crippen LogP contribution is -2.44. The molecule has 7 heteroatoms. The predicted octanol–water partition coefficient (Wildman–Crippen LogP) is 0.720. The SMILES string of the molecule is CNC(=O)NC(=O)C(C)Nc1ccn(C(C)C)n1. The van der Waals surface area contributed by atoms with Crippen LogP contribution in [0.15, 0.2) is 12.3 Å². The van der Waals surface area contributed by atoms with Gasteiger partial charge in [-0.1, -0.05) is 0 Å². The summed E-state index contributed by atoms with van der Waals surface area (Å²) in [5.74, 6) is 0.191. The Morgan fingerprint density at radius 1 is 1.33 bits per heavy atom. The average molecular weight is 253 g/mol. The summed E-state index contributed by atoms with van der Waals surface area (Å²) in [5, 5.41) is 11.7. The number of hydrogen-bond acceptors (Lipinski definition) is 4. The van der Waals surface area contributed by atoms with E-state index in [9.17, 15) is 9.59 Å². The molecule has 1 aromatic rings. The molecule has 0 spiro atoms. The van der Waals surface area contributed by atoms with E-state index in [1.54, 1.807) is 17.7 Å². The van der Waals surface area contributed by atoms with Crippen LogP contribution >= 0.6 is 0 Å². The van der Waals surface area contributed by atoms with Crippen LogP contribution in [0.1, 0.15) is 26.8 Å². The lowest BCUT2D eigenvalue weighted by molar-refractivity contribution is -0.120. The quantitative estimate of drug-likeness (QED) is 0.737. The number of imide groups is 1. The van der Waals surface area contributed by atoms with Crippen LogP contribution in [0.2, 0.25) is 0 Å². The highest BCUT2D eigenvalue weighted by atomic mass is 16.2. The Kier molecular flexibility index (Phi) is 4.70. The van der Waals surface area contributed by atoms with Gasteiger partial charge in [0.15, 0.2) is 0 Å². The fraction of sp³-hybridized carbons (Fsp3) is 0.545. The van der Waals surface area contributed by atoms with Crippen molar-refractivity contribution in [2.45, 2.75) is 32.9 Å². The highest BCUT2D eigenvalue weighted by Crippen LogP contribution is 2.09. The summed E-state index contributed by atoms with van der Waals surface area (Å²) in [5.41, 5.74) is 0. The van der Waals surface area contributed by atoms with Gasteiger partial charge in [0.2, 0.25) is 5.91 Å². The fourth-order valence-corrected chi connectivity index (χ4v) is 1.27. The minimum atomic E-state index is -0.544. The highest BCUT2D eigenvalue weighted by Gasteiger charge is 2.15. The van der Waals surface area contributed by atoms with Crippen molar-refractivity contribution >= 4 is 17.8 Å². The van der Waals surface area contributed by atoms with Gasteiger partial charge in [0.25, 0.3) is 0 Å². The molecule has 0 aliphatic heterocycles. The molecule has 1 rings (SSSR count). The molecule has 1 heterocycles. The first-order valence-corrected chi connectivity index (χ1v) is 5.78. The number of nitrogens with zero attached hydrogens (tertiary/aromatic N) is 2. The summed E-state index contributed by atoms with van der Waals surface area (Å²) in [6.07, 6.45) is 1.83. The maximum absolute atomic E-state index is 11.6. The lowest BCUT2D eigenvalue weighted by Gasteiger charge is -2.12. The minimum Gasteiger partial charge on any atom is -0.357 e. The maximum Gasteiger partial charge on any atom is 0.321 e. The molecule has 0 saturated carbocycles. The van der Waals surface area contributed by atoms with Crippen LogP contribution in [0.4, 0.5) is 10.6 Å². The molecule has 1 unspecified atom stereocenters. The number of carbonyl (C=O) groups is 2. The first-order chi connectivity index (χ1) is 8.43. The van der Waals surface area contributed by atoms with E-state index in [-0.39, 0.29) is 6.04 Å².